The lowest BCUT2D eigenvalue weighted by molar-refractivity contribution is -0.143. The fourth-order valence-electron chi connectivity index (χ4n) is 4.69. The van der Waals surface area contributed by atoms with E-state index in [1.54, 1.807) is 13.3 Å². The van der Waals surface area contributed by atoms with Gasteiger partial charge in [0.25, 0.3) is 0 Å². The highest BCUT2D eigenvalue weighted by Crippen LogP contribution is 2.28. The molecule has 0 spiro atoms. The smallest absolute Gasteiger partial charge is 0.307 e. The van der Waals surface area contributed by atoms with Crippen molar-refractivity contribution in [2.75, 3.05) is 46.9 Å². The van der Waals surface area contributed by atoms with E-state index in [2.05, 4.69) is 21.7 Å². The van der Waals surface area contributed by atoms with E-state index in [9.17, 15) is 9.90 Å². The van der Waals surface area contributed by atoms with Crippen molar-refractivity contribution in [1.29, 1.82) is 0 Å². The van der Waals surface area contributed by atoms with Crippen LogP contribution in [-0.2, 0) is 9.53 Å². The van der Waals surface area contributed by atoms with Crippen molar-refractivity contribution >= 4 is 16.9 Å². The van der Waals surface area contributed by atoms with Gasteiger partial charge in [0.05, 0.1) is 32.3 Å². The molecular weight excluding hydrogens is 418 g/mol. The first-order chi connectivity index (χ1) is 16.0. The molecule has 0 bridgehead atoms. The number of pyridine rings is 1. The minimum atomic E-state index is -0.691. The van der Waals surface area contributed by atoms with Gasteiger partial charge in [0, 0.05) is 43.8 Å². The van der Waals surface area contributed by atoms with Gasteiger partial charge in [-0.05, 0) is 42.8 Å². The summed E-state index contributed by atoms with van der Waals surface area (Å²) in [6, 6.07) is 7.60. The molecule has 1 N–H and O–H groups in total. The third kappa shape index (κ3) is 7.13. The van der Waals surface area contributed by atoms with Crippen LogP contribution in [0.4, 0.5) is 0 Å². The fraction of sp³-hybridized carbons (Fsp3) is 0.615. The Morgan fingerprint density at radius 1 is 1.18 bits per heavy atom. The van der Waals surface area contributed by atoms with E-state index in [1.165, 1.54) is 39.2 Å². The van der Waals surface area contributed by atoms with Crippen LogP contribution in [0.1, 0.15) is 57.1 Å². The Balaban J connectivity index is 1.68. The molecule has 1 fully saturated rings. The normalized spacial score (nSPS) is 18.4. The average molecular weight is 458 g/mol. The molecule has 3 rings (SSSR count). The minimum Gasteiger partial charge on any atom is -0.497 e. The zero-order valence-electron chi connectivity index (χ0n) is 20.3. The van der Waals surface area contributed by atoms with Crippen LogP contribution in [0.5, 0.6) is 5.75 Å². The molecule has 0 aliphatic carbocycles. The largest absolute Gasteiger partial charge is 0.497 e. The lowest BCUT2D eigenvalue weighted by Crippen LogP contribution is -2.54. The molecule has 1 unspecified atom stereocenters. The number of β-amino-alcohol motifs (C(OH)–C–C–N with tert-alkyl or cyclic N) is 1. The quantitative estimate of drug-likeness (QED) is 0.384. The van der Waals surface area contributed by atoms with Crippen molar-refractivity contribution in [3.8, 4) is 5.75 Å². The van der Waals surface area contributed by atoms with Gasteiger partial charge in [0.15, 0.2) is 0 Å². The molecule has 0 radical (unpaired) electrons. The van der Waals surface area contributed by atoms with Gasteiger partial charge in [-0.3, -0.25) is 14.7 Å². The maximum atomic E-state index is 12.1. The number of hydrogen-bond acceptors (Lipinski definition) is 7. The molecule has 1 aromatic carbocycles. The highest BCUT2D eigenvalue weighted by atomic mass is 16.5. The molecule has 1 aliphatic heterocycles. The Morgan fingerprint density at radius 3 is 2.76 bits per heavy atom. The number of aliphatic hydroxyl groups is 1. The van der Waals surface area contributed by atoms with Crippen LogP contribution in [0.15, 0.2) is 30.5 Å². The standard InChI is InChI=1S/C26H39N3O4/c1-4-5-6-7-8-13-28-14-15-29(20(18-28)16-26(31)33-3)19-25(30)22-11-12-27-24-10-9-21(32-2)17-23(22)24/h9-12,17,20,25,30H,4-8,13-16,18-19H2,1-3H3/t20-,25?/m0/s1. The average Bonchev–Trinajstić information content (AvgIpc) is 2.84. The maximum absolute atomic E-state index is 12.1. The number of hydrogen-bond donors (Lipinski definition) is 1. The van der Waals surface area contributed by atoms with E-state index >= 15 is 0 Å². The number of esters is 1. The first-order valence-electron chi connectivity index (χ1n) is 12.2. The summed E-state index contributed by atoms with van der Waals surface area (Å²) in [5.74, 6) is 0.531. The number of aromatic nitrogens is 1. The molecule has 33 heavy (non-hydrogen) atoms. The number of aliphatic hydroxyl groups excluding tert-OH is 1. The van der Waals surface area contributed by atoms with Crippen LogP contribution >= 0.6 is 0 Å². The molecule has 1 saturated heterocycles. The summed E-state index contributed by atoms with van der Waals surface area (Å²) in [7, 11) is 3.07. The Kier molecular flexibility index (Phi) is 9.91. The van der Waals surface area contributed by atoms with Crippen LogP contribution in [0.3, 0.4) is 0 Å². The number of fused-ring (bicyclic) bond motifs is 1. The Hall–Kier alpha value is -2.22. The van der Waals surface area contributed by atoms with Gasteiger partial charge >= 0.3 is 5.97 Å². The first kappa shape index (κ1) is 25.4. The second-order valence-corrected chi connectivity index (χ2v) is 8.94. The lowest BCUT2D eigenvalue weighted by Gasteiger charge is -2.42. The molecule has 182 valence electrons. The van der Waals surface area contributed by atoms with Crippen LogP contribution in [0, 0.1) is 0 Å². The predicted molar refractivity (Wildman–Crippen MR) is 130 cm³/mol. The Labute approximate surface area is 197 Å². The second-order valence-electron chi connectivity index (χ2n) is 8.94. The monoisotopic (exact) mass is 457 g/mol. The number of ether oxygens (including phenoxy) is 2. The maximum Gasteiger partial charge on any atom is 0.307 e. The van der Waals surface area contributed by atoms with Crippen molar-refractivity contribution in [2.24, 2.45) is 0 Å². The first-order valence-corrected chi connectivity index (χ1v) is 12.2. The number of methoxy groups -OCH3 is 2. The fourth-order valence-corrected chi connectivity index (χ4v) is 4.69. The van der Waals surface area contributed by atoms with Crippen molar-refractivity contribution in [3.05, 3.63) is 36.0 Å². The Morgan fingerprint density at radius 2 is 2.00 bits per heavy atom. The minimum absolute atomic E-state index is 0.0270. The van der Waals surface area contributed by atoms with Crippen LogP contribution < -0.4 is 4.74 Å². The zero-order chi connectivity index (χ0) is 23.6. The third-order valence-electron chi connectivity index (χ3n) is 6.65. The molecule has 1 aromatic heterocycles. The molecule has 2 atom stereocenters. The number of carbonyl (C=O) groups is 1. The molecule has 2 heterocycles. The molecule has 1 aliphatic rings. The molecule has 0 saturated carbocycles. The van der Waals surface area contributed by atoms with Crippen LogP contribution in [-0.4, -0.2) is 78.8 Å². The van der Waals surface area contributed by atoms with Crippen LogP contribution in [0.2, 0.25) is 0 Å². The van der Waals surface area contributed by atoms with Gasteiger partial charge in [-0.25, -0.2) is 0 Å². The van der Waals surface area contributed by atoms with E-state index in [0.29, 0.717) is 13.0 Å². The van der Waals surface area contributed by atoms with Gasteiger partial charge < -0.3 is 19.5 Å². The van der Waals surface area contributed by atoms with E-state index < -0.39 is 6.10 Å². The van der Waals surface area contributed by atoms with Crippen molar-refractivity contribution in [3.63, 3.8) is 0 Å². The zero-order valence-corrected chi connectivity index (χ0v) is 20.3. The van der Waals surface area contributed by atoms with Crippen molar-refractivity contribution < 1.29 is 19.4 Å². The van der Waals surface area contributed by atoms with Crippen LogP contribution in [0.25, 0.3) is 10.9 Å². The summed E-state index contributed by atoms with van der Waals surface area (Å²) in [6.07, 6.45) is 7.66. The summed E-state index contributed by atoms with van der Waals surface area (Å²) in [4.78, 5) is 21.2. The van der Waals surface area contributed by atoms with Gasteiger partial charge in [0.1, 0.15) is 5.75 Å². The van der Waals surface area contributed by atoms with Gasteiger partial charge in [-0.2, -0.15) is 0 Å². The molecule has 2 aromatic rings. The topological polar surface area (TPSA) is 75.1 Å². The summed E-state index contributed by atoms with van der Waals surface area (Å²) in [6.45, 7) is 6.34. The summed E-state index contributed by atoms with van der Waals surface area (Å²) in [5.41, 5.74) is 1.65. The SMILES string of the molecule is CCCCCCCN1CCN(CC(O)c2ccnc3ccc(OC)cc23)[C@@H](CC(=O)OC)C1. The van der Waals surface area contributed by atoms with Gasteiger partial charge in [-0.1, -0.05) is 32.6 Å². The molecule has 0 amide bonds. The van der Waals surface area contributed by atoms with E-state index in [1.807, 2.05) is 24.3 Å². The van der Waals surface area contributed by atoms with Gasteiger partial charge in [0.2, 0.25) is 0 Å². The number of carbonyl (C=O) groups excluding carboxylic acids is 1. The highest BCUT2D eigenvalue weighted by molar-refractivity contribution is 5.83. The lowest BCUT2D eigenvalue weighted by atomic mass is 10.0. The molecule has 7 nitrogen and oxygen atoms in total. The second kappa shape index (κ2) is 12.9. The van der Waals surface area contributed by atoms with E-state index in [4.69, 9.17) is 9.47 Å². The van der Waals surface area contributed by atoms with Crippen molar-refractivity contribution in [1.82, 2.24) is 14.8 Å². The Bertz CT molecular complexity index is 891. The molecule has 7 heteroatoms. The molecular formula is C26H39N3O4. The highest BCUT2D eigenvalue weighted by Gasteiger charge is 2.30. The number of nitrogens with zero attached hydrogens (tertiary/aromatic N) is 3. The van der Waals surface area contributed by atoms with E-state index in [0.717, 1.165) is 48.4 Å². The van der Waals surface area contributed by atoms with E-state index in [-0.39, 0.29) is 12.0 Å². The summed E-state index contributed by atoms with van der Waals surface area (Å²) >= 11 is 0. The van der Waals surface area contributed by atoms with Crippen molar-refractivity contribution in [2.45, 2.75) is 57.6 Å². The summed E-state index contributed by atoms with van der Waals surface area (Å²) < 4.78 is 10.3. The number of piperazine rings is 1. The van der Waals surface area contributed by atoms with Gasteiger partial charge in [-0.15, -0.1) is 0 Å². The predicted octanol–water partition coefficient (Wildman–Crippen LogP) is 3.80. The third-order valence-corrected chi connectivity index (χ3v) is 6.65. The number of rotatable bonds is 12. The number of unbranched alkanes of at least 4 members (excludes halogenated alkanes) is 4. The summed E-state index contributed by atoms with van der Waals surface area (Å²) in [5, 5.41) is 12.1. The number of benzene rings is 1.